The minimum atomic E-state index is -0.177. The van der Waals surface area contributed by atoms with Crippen molar-refractivity contribution in [2.75, 3.05) is 7.11 Å². The van der Waals surface area contributed by atoms with Gasteiger partial charge < -0.3 is 24.2 Å². The van der Waals surface area contributed by atoms with Crippen molar-refractivity contribution in [1.82, 2.24) is 9.97 Å². The standard InChI is InChI=1S/C33H19BN2O3.Pt/c1-37-23-14-16-35-27(19-23)21-9-11-28-25(17-21)34-26-18-22(33-24-6-3-2-5-20(24)13-15-36-33)10-12-29(26)39-31-8-4-7-30(38-28)32(31)34;/h2-16,19H,1H3;/q-2;+2. The molecule has 192 valence electrons. The van der Waals surface area contributed by atoms with Crippen LogP contribution in [0.3, 0.4) is 0 Å². The minimum Gasteiger partial charge on any atom is -0.503 e. The van der Waals surface area contributed by atoms with E-state index in [4.69, 9.17) is 19.2 Å². The van der Waals surface area contributed by atoms with Gasteiger partial charge >= 0.3 is 21.1 Å². The maximum atomic E-state index is 6.39. The average molecular weight is 697 g/mol. The molecule has 6 aromatic rings. The van der Waals surface area contributed by atoms with Gasteiger partial charge in [-0.15, -0.1) is 58.5 Å². The van der Waals surface area contributed by atoms with E-state index < -0.39 is 0 Å². The molecule has 0 saturated heterocycles. The molecular formula is C33H19BN2O3Pt. The minimum absolute atomic E-state index is 0. The summed E-state index contributed by atoms with van der Waals surface area (Å²) in [5.41, 5.74) is 6.26. The topological polar surface area (TPSA) is 53.5 Å². The molecule has 40 heavy (non-hydrogen) atoms. The number of pyridine rings is 2. The van der Waals surface area contributed by atoms with Crippen LogP contribution in [0.25, 0.3) is 33.3 Å². The Morgan fingerprint density at radius 3 is 2.17 bits per heavy atom. The van der Waals surface area contributed by atoms with Crippen LogP contribution in [-0.4, -0.2) is 23.8 Å². The summed E-state index contributed by atoms with van der Waals surface area (Å²) in [5, 5.41) is 2.22. The third kappa shape index (κ3) is 3.82. The molecule has 0 atom stereocenters. The predicted molar refractivity (Wildman–Crippen MR) is 152 cm³/mol. The molecule has 2 aromatic heterocycles. The number of aromatic nitrogens is 2. The molecule has 0 fully saturated rings. The molecule has 2 aliphatic rings. The van der Waals surface area contributed by atoms with Crippen molar-refractivity contribution in [2.24, 2.45) is 0 Å². The first-order valence-corrected chi connectivity index (χ1v) is 12.7. The largest absolute Gasteiger partial charge is 2.00 e. The number of hydrogen-bond acceptors (Lipinski definition) is 5. The van der Waals surface area contributed by atoms with Crippen LogP contribution in [0.15, 0.2) is 97.3 Å². The molecule has 8 rings (SSSR count). The van der Waals surface area contributed by atoms with Crippen molar-refractivity contribution in [3.63, 3.8) is 0 Å². The zero-order chi connectivity index (χ0) is 25.9. The summed E-state index contributed by atoms with van der Waals surface area (Å²) in [6.45, 7) is -0.177. The van der Waals surface area contributed by atoms with Crippen LogP contribution < -0.4 is 30.6 Å². The van der Waals surface area contributed by atoms with Crippen molar-refractivity contribution < 1.29 is 35.3 Å². The fourth-order valence-corrected chi connectivity index (χ4v) is 5.56. The summed E-state index contributed by atoms with van der Waals surface area (Å²) in [7, 11) is 1.65. The number of methoxy groups -OCH3 is 1. The Balaban J connectivity index is 0.00000264. The second-order valence-electron chi connectivity index (χ2n) is 9.57. The summed E-state index contributed by atoms with van der Waals surface area (Å²) < 4.78 is 18.2. The van der Waals surface area contributed by atoms with Crippen molar-refractivity contribution in [3.05, 3.63) is 109 Å². The summed E-state index contributed by atoms with van der Waals surface area (Å²) in [6, 6.07) is 35.3. The molecule has 2 aliphatic heterocycles. The van der Waals surface area contributed by atoms with Crippen LogP contribution in [0.5, 0.6) is 28.7 Å². The van der Waals surface area contributed by atoms with E-state index in [1.54, 1.807) is 13.3 Å². The Morgan fingerprint density at radius 1 is 0.700 bits per heavy atom. The predicted octanol–water partition coefficient (Wildman–Crippen LogP) is 5.30. The Kier molecular flexibility index (Phi) is 5.94. The molecule has 0 aliphatic carbocycles. The molecule has 0 unspecified atom stereocenters. The quantitative estimate of drug-likeness (QED) is 0.186. The number of fused-ring (bicyclic) bond motifs is 5. The van der Waals surface area contributed by atoms with E-state index in [9.17, 15) is 0 Å². The molecule has 0 saturated carbocycles. The molecule has 0 spiro atoms. The average Bonchev–Trinajstić information content (AvgIpc) is 3.00. The first-order valence-electron chi connectivity index (χ1n) is 12.7. The van der Waals surface area contributed by atoms with Gasteiger partial charge in [0.2, 0.25) is 6.71 Å². The maximum absolute atomic E-state index is 6.39. The number of ether oxygens (including phenoxy) is 3. The van der Waals surface area contributed by atoms with Gasteiger partial charge in [-0.2, -0.15) is 0 Å². The third-order valence-corrected chi connectivity index (χ3v) is 7.38. The number of rotatable bonds is 3. The Labute approximate surface area is 246 Å². The van der Waals surface area contributed by atoms with Gasteiger partial charge in [-0.25, -0.2) is 0 Å². The van der Waals surface area contributed by atoms with E-state index >= 15 is 0 Å². The second kappa shape index (κ2) is 9.65. The molecule has 7 heteroatoms. The molecule has 0 amide bonds. The van der Waals surface area contributed by atoms with Gasteiger partial charge in [0.25, 0.3) is 0 Å². The first-order chi connectivity index (χ1) is 19.3. The fraction of sp³-hybridized carbons (Fsp3) is 0.0303. The second-order valence-corrected chi connectivity index (χ2v) is 9.57. The first kappa shape index (κ1) is 24.6. The van der Waals surface area contributed by atoms with E-state index in [0.717, 1.165) is 78.4 Å². The van der Waals surface area contributed by atoms with Crippen LogP contribution in [0.4, 0.5) is 0 Å². The van der Waals surface area contributed by atoms with Crippen LogP contribution in [-0.2, 0) is 21.1 Å². The van der Waals surface area contributed by atoms with Crippen LogP contribution >= 0.6 is 0 Å². The Bertz CT molecular complexity index is 1920. The fourth-order valence-electron chi connectivity index (χ4n) is 5.56. The van der Waals surface area contributed by atoms with Gasteiger partial charge in [0.15, 0.2) is 0 Å². The summed E-state index contributed by atoms with van der Waals surface area (Å²) in [4.78, 5) is 9.31. The molecule has 0 N–H and O–H groups in total. The maximum Gasteiger partial charge on any atom is 2.00 e. The van der Waals surface area contributed by atoms with Gasteiger partial charge in [-0.1, -0.05) is 30.3 Å². The summed E-state index contributed by atoms with van der Waals surface area (Å²) in [5.74, 6) is 3.81. The monoisotopic (exact) mass is 697 g/mol. The molecule has 4 aromatic carbocycles. The van der Waals surface area contributed by atoms with E-state index in [2.05, 4.69) is 29.2 Å². The van der Waals surface area contributed by atoms with E-state index in [1.807, 2.05) is 79.0 Å². The number of benzene rings is 4. The van der Waals surface area contributed by atoms with Gasteiger partial charge in [0.05, 0.1) is 7.11 Å². The molecule has 0 bridgehead atoms. The smallest absolute Gasteiger partial charge is 0.503 e. The van der Waals surface area contributed by atoms with Crippen molar-refractivity contribution in [3.8, 4) is 51.3 Å². The van der Waals surface area contributed by atoms with Crippen LogP contribution in [0.2, 0.25) is 0 Å². The summed E-state index contributed by atoms with van der Waals surface area (Å²) >= 11 is 0. The molecular weight excluding hydrogens is 678 g/mol. The van der Waals surface area contributed by atoms with E-state index in [0.29, 0.717) is 0 Å². The van der Waals surface area contributed by atoms with E-state index in [1.165, 1.54) is 0 Å². The zero-order valence-corrected chi connectivity index (χ0v) is 23.5. The molecule has 5 nitrogen and oxygen atoms in total. The number of nitrogens with zero attached hydrogens (tertiary/aromatic N) is 2. The van der Waals surface area contributed by atoms with Gasteiger partial charge in [0.1, 0.15) is 17.2 Å². The Hall–Kier alpha value is -4.41. The van der Waals surface area contributed by atoms with Crippen molar-refractivity contribution >= 4 is 33.9 Å². The molecule has 0 radical (unpaired) electrons. The van der Waals surface area contributed by atoms with Crippen molar-refractivity contribution in [1.29, 1.82) is 0 Å². The number of hydrogen-bond donors (Lipinski definition) is 0. The SMILES string of the molecule is COc1ccnc(-c2[c-]c3c(cc2)Oc2cccc4c2B3c2[c-]c(-c3nccc5ccccc35)ccc2O4)c1.[Pt+2]. The van der Waals surface area contributed by atoms with Crippen LogP contribution in [0, 0.1) is 12.1 Å². The van der Waals surface area contributed by atoms with Crippen molar-refractivity contribution in [2.45, 2.75) is 0 Å². The van der Waals surface area contributed by atoms with Gasteiger partial charge in [-0.05, 0) is 52.5 Å². The van der Waals surface area contributed by atoms with Crippen LogP contribution in [0.1, 0.15) is 0 Å². The summed E-state index contributed by atoms with van der Waals surface area (Å²) in [6.07, 6.45) is 3.59. The molecule has 4 heterocycles. The Morgan fingerprint density at radius 2 is 1.40 bits per heavy atom. The zero-order valence-electron chi connectivity index (χ0n) is 21.3. The van der Waals surface area contributed by atoms with E-state index in [-0.39, 0.29) is 27.8 Å². The van der Waals surface area contributed by atoms with Gasteiger partial charge in [-0.3, -0.25) is 0 Å². The van der Waals surface area contributed by atoms with Gasteiger partial charge in [0, 0.05) is 29.4 Å². The normalized spacial score (nSPS) is 12.3. The third-order valence-electron chi connectivity index (χ3n) is 7.38.